The van der Waals surface area contributed by atoms with Crippen molar-refractivity contribution in [2.75, 3.05) is 0 Å². The number of aromatic nitrogens is 14. The number of nitrogens with zero attached hydrogens (tertiary/aromatic N) is 16. The smallest absolute Gasteiger partial charge is 0.234 e. The van der Waals surface area contributed by atoms with Crippen LogP contribution in [0.25, 0.3) is 117 Å². The summed E-state index contributed by atoms with van der Waals surface area (Å²) in [7, 11) is 0. The summed E-state index contributed by atoms with van der Waals surface area (Å²) in [5.74, 6) is 7.18. The zero-order chi connectivity index (χ0) is 52.0. The van der Waals surface area contributed by atoms with E-state index in [1.54, 1.807) is 0 Å². The Morgan fingerprint density at radius 1 is 0.387 bits per heavy atom. The van der Waals surface area contributed by atoms with Gasteiger partial charge in [-0.2, -0.15) is 5.26 Å². The number of fused-ring (bicyclic) bond motifs is 6. The summed E-state index contributed by atoms with van der Waals surface area (Å²) in [4.78, 5) is 60.3. The van der Waals surface area contributed by atoms with Crippen LogP contribution in [-0.2, 0) is 0 Å². The van der Waals surface area contributed by atoms with Crippen molar-refractivity contribution >= 4 is 49.3 Å². The summed E-state index contributed by atoms with van der Waals surface area (Å²) in [6, 6.07) is 37.0. The van der Waals surface area contributed by atoms with Gasteiger partial charge < -0.3 is 9.13 Å². The van der Waals surface area contributed by atoms with Gasteiger partial charge in [0.2, 0.25) is 5.69 Å². The molecule has 0 radical (unpaired) electrons. The van der Waals surface area contributed by atoms with Crippen molar-refractivity contribution in [1.82, 2.24) is 68.9 Å². The van der Waals surface area contributed by atoms with E-state index in [9.17, 15) is 11.8 Å². The molecule has 16 heteroatoms. The van der Waals surface area contributed by atoms with Crippen molar-refractivity contribution in [2.45, 2.75) is 62.3 Å². The van der Waals surface area contributed by atoms with E-state index in [1.165, 1.54) is 0 Å². The molecule has 6 aromatic heterocycles. The standard InChI is InChI=1S/C59H44N16/c1-29-21-38(28-60)23-43(22-29)44-15-20-53(74-49-16-11-39(56-66-30(2)62-31(3)67-56)24-45(49)46-25-40(12-17-50(46)74)57-68-32(4)63-33(5)69-57)54(61-10)55(44)75-51-18-13-41(58-70-34(6)64-35(7)71-58)26-47(51)48-27-42(14-19-52(48)75)59-72-36(8)65-37(9)73-59/h11-27H,1-9H3. The van der Waals surface area contributed by atoms with Gasteiger partial charge in [-0.15, -0.1) is 0 Å². The molecule has 12 aromatic rings. The monoisotopic (exact) mass is 976 g/mol. The quantitative estimate of drug-likeness (QED) is 0.137. The highest BCUT2D eigenvalue weighted by Crippen LogP contribution is 2.47. The lowest BCUT2D eigenvalue weighted by molar-refractivity contribution is 0.928. The minimum Gasteiger partial charge on any atom is -0.319 e. The van der Waals surface area contributed by atoms with Crippen LogP contribution in [0.15, 0.2) is 103 Å². The Labute approximate surface area is 430 Å². The number of nitriles is 1. The second-order valence-electron chi connectivity index (χ2n) is 18.8. The first kappa shape index (κ1) is 46.0. The molecule has 6 aromatic carbocycles. The predicted molar refractivity (Wildman–Crippen MR) is 289 cm³/mol. The highest BCUT2D eigenvalue weighted by molar-refractivity contribution is 6.14. The molecular weight excluding hydrogens is 933 g/mol. The summed E-state index contributed by atoms with van der Waals surface area (Å²) in [5.41, 5.74) is 11.2. The molecule has 12 rings (SSSR count). The number of hydrogen-bond acceptors (Lipinski definition) is 13. The molecular formula is C59H44N16. The molecule has 0 aliphatic rings. The molecule has 0 N–H and O–H groups in total. The van der Waals surface area contributed by atoms with E-state index in [-0.39, 0.29) is 0 Å². The van der Waals surface area contributed by atoms with Gasteiger partial charge in [-0.3, -0.25) is 0 Å². The lowest BCUT2D eigenvalue weighted by atomic mass is 9.97. The molecule has 75 heavy (non-hydrogen) atoms. The van der Waals surface area contributed by atoms with Gasteiger partial charge in [-0.1, -0.05) is 12.1 Å². The molecule has 0 atom stereocenters. The average Bonchev–Trinajstić information content (AvgIpc) is 3.88. The van der Waals surface area contributed by atoms with Gasteiger partial charge in [0, 0.05) is 43.8 Å². The van der Waals surface area contributed by atoms with E-state index in [4.69, 9.17) is 39.9 Å². The molecule has 0 saturated heterocycles. The maximum atomic E-state index is 10.3. The molecule has 360 valence electrons. The van der Waals surface area contributed by atoms with Crippen LogP contribution in [0.5, 0.6) is 0 Å². The van der Waals surface area contributed by atoms with Gasteiger partial charge in [0.1, 0.15) is 46.6 Å². The number of benzene rings is 6. The maximum absolute atomic E-state index is 10.3. The fourth-order valence-electron chi connectivity index (χ4n) is 10.4. The lowest BCUT2D eigenvalue weighted by Gasteiger charge is -2.20. The van der Waals surface area contributed by atoms with E-state index in [2.05, 4.69) is 101 Å². The van der Waals surface area contributed by atoms with Crippen LogP contribution in [0.2, 0.25) is 0 Å². The second kappa shape index (κ2) is 17.6. The molecule has 0 spiro atoms. The lowest BCUT2D eigenvalue weighted by Crippen LogP contribution is -2.03. The van der Waals surface area contributed by atoms with Gasteiger partial charge >= 0.3 is 0 Å². The van der Waals surface area contributed by atoms with Crippen LogP contribution >= 0.6 is 0 Å². The number of hydrogen-bond donors (Lipinski definition) is 0. The van der Waals surface area contributed by atoms with Crippen molar-refractivity contribution in [1.29, 1.82) is 5.26 Å². The highest BCUT2D eigenvalue weighted by Gasteiger charge is 2.26. The SMILES string of the molecule is [C-]#[N+]c1c(-n2c3ccc(-c4nc(C)nc(C)n4)cc3c3cc(-c4nc(C)nc(C)n4)ccc32)ccc(-c2cc(C)cc(C#N)c2)c1-n1c2ccc(-c3nc(C)nc(C)n3)cc2c2cc(-c3nc(C)nc(C)n3)ccc21. The summed E-state index contributed by atoms with van der Waals surface area (Å²) >= 11 is 0. The van der Waals surface area contributed by atoms with Gasteiger partial charge in [0.25, 0.3) is 0 Å². The number of aryl methyl sites for hydroxylation is 9. The molecule has 0 unspecified atom stereocenters. The van der Waals surface area contributed by atoms with Gasteiger partial charge in [-0.25, -0.2) is 64.7 Å². The zero-order valence-corrected chi connectivity index (χ0v) is 42.5. The Morgan fingerprint density at radius 2 is 0.733 bits per heavy atom. The Balaban J connectivity index is 1.20. The van der Waals surface area contributed by atoms with E-state index in [0.29, 0.717) is 92.5 Å². The molecule has 0 bridgehead atoms. The minimum atomic E-state index is 0.381. The van der Waals surface area contributed by atoms with E-state index in [0.717, 1.165) is 82.6 Å². The maximum Gasteiger partial charge on any atom is 0.234 e. The zero-order valence-electron chi connectivity index (χ0n) is 42.5. The van der Waals surface area contributed by atoms with Gasteiger partial charge in [0.05, 0.1) is 51.6 Å². The highest BCUT2D eigenvalue weighted by atomic mass is 15.1. The molecule has 0 fully saturated rings. The first-order valence-corrected chi connectivity index (χ1v) is 24.2. The third kappa shape index (κ3) is 8.02. The summed E-state index contributed by atoms with van der Waals surface area (Å²) in [6.45, 7) is 26.2. The van der Waals surface area contributed by atoms with Gasteiger partial charge in [-0.05, 0) is 170 Å². The summed E-state index contributed by atoms with van der Waals surface area (Å²) in [6.07, 6.45) is 0. The summed E-state index contributed by atoms with van der Waals surface area (Å²) in [5, 5.41) is 13.9. The Hall–Kier alpha value is -10.1. The molecule has 0 saturated carbocycles. The Morgan fingerprint density at radius 3 is 1.07 bits per heavy atom. The van der Waals surface area contributed by atoms with Crippen molar-refractivity contribution in [3.63, 3.8) is 0 Å². The van der Waals surface area contributed by atoms with Crippen LogP contribution in [0.3, 0.4) is 0 Å². The third-order valence-corrected chi connectivity index (χ3v) is 13.2. The van der Waals surface area contributed by atoms with Crippen LogP contribution < -0.4 is 0 Å². The largest absolute Gasteiger partial charge is 0.319 e. The van der Waals surface area contributed by atoms with Crippen molar-refractivity contribution in [2.24, 2.45) is 0 Å². The molecule has 0 aliphatic heterocycles. The topological polar surface area (TPSA) is 193 Å². The normalized spacial score (nSPS) is 11.5. The second-order valence-corrected chi connectivity index (χ2v) is 18.8. The van der Waals surface area contributed by atoms with Crippen molar-refractivity contribution < 1.29 is 0 Å². The first-order valence-electron chi connectivity index (χ1n) is 24.2. The van der Waals surface area contributed by atoms with E-state index >= 15 is 0 Å². The van der Waals surface area contributed by atoms with E-state index < -0.39 is 0 Å². The van der Waals surface area contributed by atoms with Crippen molar-refractivity contribution in [3.05, 3.63) is 172 Å². The average molecular weight is 977 g/mol. The molecule has 6 heterocycles. The third-order valence-electron chi connectivity index (χ3n) is 13.2. The van der Waals surface area contributed by atoms with Crippen molar-refractivity contribution in [3.8, 4) is 74.1 Å². The van der Waals surface area contributed by atoms with Gasteiger partial charge in [0.15, 0.2) is 23.3 Å². The fourth-order valence-corrected chi connectivity index (χ4v) is 10.4. The van der Waals surface area contributed by atoms with Crippen LogP contribution in [0.4, 0.5) is 5.69 Å². The van der Waals surface area contributed by atoms with Crippen LogP contribution in [0.1, 0.15) is 57.7 Å². The Kier molecular flexibility index (Phi) is 10.8. The fraction of sp³-hybridized carbons (Fsp3) is 0.153. The first-order chi connectivity index (χ1) is 36.2. The minimum absolute atomic E-state index is 0.381. The molecule has 0 aliphatic carbocycles. The molecule has 16 nitrogen and oxygen atoms in total. The number of rotatable bonds is 7. The Bertz CT molecular complexity index is 4220. The predicted octanol–water partition coefficient (Wildman–Crippen LogP) is 12.2. The summed E-state index contributed by atoms with van der Waals surface area (Å²) < 4.78 is 4.33. The molecule has 0 amide bonds. The van der Waals surface area contributed by atoms with Crippen LogP contribution in [0, 0.1) is 80.2 Å². The van der Waals surface area contributed by atoms with Crippen LogP contribution in [-0.4, -0.2) is 68.9 Å². The van der Waals surface area contributed by atoms with E-state index in [1.807, 2.05) is 105 Å².